The summed E-state index contributed by atoms with van der Waals surface area (Å²) >= 11 is 0. The number of rotatable bonds is 6. The van der Waals surface area contributed by atoms with Crippen LogP contribution < -0.4 is 4.74 Å². The maximum atomic E-state index is 12.9. The highest BCUT2D eigenvalue weighted by atomic mass is 16.5. The van der Waals surface area contributed by atoms with E-state index >= 15 is 0 Å². The highest BCUT2D eigenvalue weighted by Crippen LogP contribution is 2.22. The molecule has 5 nitrogen and oxygen atoms in total. The molecule has 3 aromatic carbocycles. The normalized spacial score (nSPS) is 14.6. The minimum Gasteiger partial charge on any atom is -0.486 e. The van der Waals surface area contributed by atoms with Crippen molar-refractivity contribution >= 4 is 16.7 Å². The van der Waals surface area contributed by atoms with Gasteiger partial charge in [0.15, 0.2) is 5.76 Å². The average Bonchev–Trinajstić information content (AvgIpc) is 3.32. The summed E-state index contributed by atoms with van der Waals surface area (Å²) in [6.45, 7) is 4.33. The van der Waals surface area contributed by atoms with E-state index < -0.39 is 0 Å². The highest BCUT2D eigenvalue weighted by Gasteiger charge is 2.24. The van der Waals surface area contributed by atoms with Crippen LogP contribution in [0.5, 0.6) is 5.75 Å². The van der Waals surface area contributed by atoms with Crippen LogP contribution in [-0.2, 0) is 13.2 Å². The quantitative estimate of drug-likeness (QED) is 0.437. The lowest BCUT2D eigenvalue weighted by Crippen LogP contribution is -2.48. The van der Waals surface area contributed by atoms with Crippen molar-refractivity contribution in [3.05, 3.63) is 102 Å². The number of carbonyl (C=O) groups excluding carboxylic acids is 1. The first-order valence-electron chi connectivity index (χ1n) is 11.0. The van der Waals surface area contributed by atoms with Crippen molar-refractivity contribution < 1.29 is 13.9 Å². The molecule has 0 radical (unpaired) electrons. The van der Waals surface area contributed by atoms with Crippen LogP contribution in [0.1, 0.15) is 21.9 Å². The second-order valence-electron chi connectivity index (χ2n) is 8.12. The summed E-state index contributed by atoms with van der Waals surface area (Å²) in [6, 6.07) is 28.2. The molecule has 0 N–H and O–H groups in total. The SMILES string of the molecule is O=C(c1ccc(COc2ccc3ccccc3c2)o1)N1CCN(Cc2ccccc2)CC1. The molecule has 0 spiro atoms. The van der Waals surface area contributed by atoms with E-state index in [1.807, 2.05) is 47.4 Å². The van der Waals surface area contributed by atoms with Gasteiger partial charge < -0.3 is 14.1 Å². The summed E-state index contributed by atoms with van der Waals surface area (Å²) in [5.74, 6) is 1.74. The number of fused-ring (bicyclic) bond motifs is 1. The number of benzene rings is 3. The van der Waals surface area contributed by atoms with E-state index in [1.165, 1.54) is 10.9 Å². The Labute approximate surface area is 187 Å². The van der Waals surface area contributed by atoms with Crippen molar-refractivity contribution in [2.24, 2.45) is 0 Å². The fraction of sp³-hybridized carbons (Fsp3) is 0.222. The summed E-state index contributed by atoms with van der Waals surface area (Å²) in [4.78, 5) is 17.1. The molecule has 0 unspecified atom stereocenters. The first-order valence-corrected chi connectivity index (χ1v) is 11.0. The lowest BCUT2D eigenvalue weighted by atomic mass is 10.1. The predicted molar refractivity (Wildman–Crippen MR) is 125 cm³/mol. The van der Waals surface area contributed by atoms with Crippen LogP contribution in [0.25, 0.3) is 10.8 Å². The van der Waals surface area contributed by atoms with Gasteiger partial charge in [-0.25, -0.2) is 0 Å². The van der Waals surface area contributed by atoms with E-state index in [4.69, 9.17) is 9.15 Å². The average molecular weight is 427 g/mol. The summed E-state index contributed by atoms with van der Waals surface area (Å²) in [7, 11) is 0. The van der Waals surface area contributed by atoms with Crippen LogP contribution in [0.2, 0.25) is 0 Å². The van der Waals surface area contributed by atoms with Crippen LogP contribution in [0.15, 0.2) is 89.3 Å². The molecule has 4 aromatic rings. The third-order valence-electron chi connectivity index (χ3n) is 5.88. The lowest BCUT2D eigenvalue weighted by Gasteiger charge is -2.34. The fourth-order valence-corrected chi connectivity index (χ4v) is 4.09. The van der Waals surface area contributed by atoms with Crippen LogP contribution in [0, 0.1) is 0 Å². The summed E-state index contributed by atoms with van der Waals surface area (Å²) < 4.78 is 11.7. The summed E-state index contributed by atoms with van der Waals surface area (Å²) in [5.41, 5.74) is 1.30. The Kier molecular flexibility index (Phi) is 5.90. The van der Waals surface area contributed by atoms with Gasteiger partial charge in [0.25, 0.3) is 5.91 Å². The second kappa shape index (κ2) is 9.28. The molecule has 1 saturated heterocycles. The number of ether oxygens (including phenoxy) is 1. The van der Waals surface area contributed by atoms with Gasteiger partial charge in [0, 0.05) is 32.7 Å². The van der Waals surface area contributed by atoms with Crippen molar-refractivity contribution in [3.8, 4) is 5.75 Å². The van der Waals surface area contributed by atoms with Crippen LogP contribution in [0.4, 0.5) is 0 Å². The molecule has 0 saturated carbocycles. The van der Waals surface area contributed by atoms with E-state index in [-0.39, 0.29) is 12.5 Å². The largest absolute Gasteiger partial charge is 0.486 e. The molecule has 162 valence electrons. The zero-order chi connectivity index (χ0) is 21.8. The molecule has 1 fully saturated rings. The van der Waals surface area contributed by atoms with Gasteiger partial charge in [0.1, 0.15) is 18.1 Å². The van der Waals surface area contributed by atoms with Gasteiger partial charge in [0.2, 0.25) is 0 Å². The molecule has 0 bridgehead atoms. The Morgan fingerprint density at radius 1 is 0.812 bits per heavy atom. The maximum Gasteiger partial charge on any atom is 0.289 e. The highest BCUT2D eigenvalue weighted by molar-refractivity contribution is 5.91. The van der Waals surface area contributed by atoms with E-state index in [0.717, 1.165) is 30.8 Å². The van der Waals surface area contributed by atoms with Gasteiger partial charge in [-0.3, -0.25) is 9.69 Å². The van der Waals surface area contributed by atoms with Crippen LogP contribution in [-0.4, -0.2) is 41.9 Å². The number of piperazine rings is 1. The van der Waals surface area contributed by atoms with Crippen molar-refractivity contribution in [2.75, 3.05) is 26.2 Å². The van der Waals surface area contributed by atoms with Crippen molar-refractivity contribution in [2.45, 2.75) is 13.2 Å². The minimum atomic E-state index is -0.0543. The second-order valence-corrected chi connectivity index (χ2v) is 8.12. The molecular formula is C27H26N2O3. The molecule has 0 aliphatic carbocycles. The number of amides is 1. The van der Waals surface area contributed by atoms with E-state index in [0.29, 0.717) is 24.6 Å². The Bertz CT molecular complexity index is 1190. The number of nitrogens with zero attached hydrogens (tertiary/aromatic N) is 2. The smallest absolute Gasteiger partial charge is 0.289 e. The molecule has 0 atom stereocenters. The van der Waals surface area contributed by atoms with Gasteiger partial charge in [-0.1, -0.05) is 60.7 Å². The lowest BCUT2D eigenvalue weighted by molar-refractivity contribution is 0.0594. The maximum absolute atomic E-state index is 12.9. The predicted octanol–water partition coefficient (Wildman–Crippen LogP) is 4.97. The molecule has 1 aliphatic heterocycles. The Morgan fingerprint density at radius 3 is 2.38 bits per heavy atom. The topological polar surface area (TPSA) is 45.9 Å². The Morgan fingerprint density at radius 2 is 1.56 bits per heavy atom. The molecule has 2 heterocycles. The number of furan rings is 1. The van der Waals surface area contributed by atoms with Crippen molar-refractivity contribution in [1.29, 1.82) is 0 Å². The zero-order valence-corrected chi connectivity index (χ0v) is 17.9. The van der Waals surface area contributed by atoms with Crippen molar-refractivity contribution in [1.82, 2.24) is 9.80 Å². The minimum absolute atomic E-state index is 0.0543. The first kappa shape index (κ1) is 20.3. The molecule has 1 aromatic heterocycles. The monoisotopic (exact) mass is 426 g/mol. The zero-order valence-electron chi connectivity index (χ0n) is 17.9. The molecule has 1 amide bonds. The Balaban J connectivity index is 1.14. The van der Waals surface area contributed by atoms with Gasteiger partial charge >= 0.3 is 0 Å². The van der Waals surface area contributed by atoms with E-state index in [2.05, 4.69) is 41.3 Å². The van der Waals surface area contributed by atoms with E-state index in [1.54, 1.807) is 6.07 Å². The van der Waals surface area contributed by atoms with Gasteiger partial charge in [-0.2, -0.15) is 0 Å². The number of hydrogen-bond donors (Lipinski definition) is 0. The number of carbonyl (C=O) groups is 1. The third-order valence-corrected chi connectivity index (χ3v) is 5.88. The third kappa shape index (κ3) is 4.68. The standard InChI is InChI=1S/C27H26N2O3/c30-27(29-16-14-28(15-17-29)19-21-6-2-1-3-7-21)26-13-12-25(32-26)20-31-24-11-10-22-8-4-5-9-23(22)18-24/h1-13,18H,14-17,19-20H2. The van der Waals surface area contributed by atoms with Gasteiger partial charge in [-0.05, 0) is 40.6 Å². The summed E-state index contributed by atoms with van der Waals surface area (Å²) in [6.07, 6.45) is 0. The molecule has 5 rings (SSSR count). The summed E-state index contributed by atoms with van der Waals surface area (Å²) in [5, 5.41) is 2.31. The first-order chi connectivity index (χ1) is 15.7. The fourth-order valence-electron chi connectivity index (χ4n) is 4.09. The van der Waals surface area contributed by atoms with Gasteiger partial charge in [0.05, 0.1) is 0 Å². The Hall–Kier alpha value is -3.57. The molecule has 32 heavy (non-hydrogen) atoms. The van der Waals surface area contributed by atoms with Gasteiger partial charge in [-0.15, -0.1) is 0 Å². The molecular weight excluding hydrogens is 400 g/mol. The number of hydrogen-bond acceptors (Lipinski definition) is 4. The molecule has 5 heteroatoms. The molecule has 1 aliphatic rings. The van der Waals surface area contributed by atoms with Crippen molar-refractivity contribution in [3.63, 3.8) is 0 Å². The van der Waals surface area contributed by atoms with E-state index in [9.17, 15) is 4.79 Å². The van der Waals surface area contributed by atoms with Crippen LogP contribution in [0.3, 0.4) is 0 Å². The van der Waals surface area contributed by atoms with Crippen LogP contribution >= 0.6 is 0 Å².